The molecule has 20 heavy (non-hydrogen) atoms. The number of aromatic nitrogens is 1. The summed E-state index contributed by atoms with van der Waals surface area (Å²) in [7, 11) is 3.29. The maximum absolute atomic E-state index is 5.46. The van der Waals surface area contributed by atoms with E-state index in [2.05, 4.69) is 27.0 Å². The van der Waals surface area contributed by atoms with E-state index in [1.165, 1.54) is 0 Å². The molecule has 5 heteroatoms. The molecule has 0 atom stereocenters. The number of benzene rings is 2. The third-order valence-electron chi connectivity index (χ3n) is 3.00. The Labute approximate surface area is 129 Å². The van der Waals surface area contributed by atoms with E-state index in [0.717, 1.165) is 36.8 Å². The van der Waals surface area contributed by atoms with Crippen LogP contribution in [0.1, 0.15) is 0 Å². The van der Waals surface area contributed by atoms with E-state index in [9.17, 15) is 0 Å². The zero-order valence-electron chi connectivity index (χ0n) is 11.0. The monoisotopic (exact) mass is 349 g/mol. The molecule has 0 spiro atoms. The largest absolute Gasteiger partial charge is 0.496 e. The molecule has 3 rings (SSSR count). The summed E-state index contributed by atoms with van der Waals surface area (Å²) in [6.07, 6.45) is 0. The number of rotatable bonds is 3. The van der Waals surface area contributed by atoms with Gasteiger partial charge in [0, 0.05) is 6.07 Å². The fourth-order valence-corrected chi connectivity index (χ4v) is 3.51. The molecule has 0 bridgehead atoms. The van der Waals surface area contributed by atoms with Gasteiger partial charge in [-0.05, 0) is 34.1 Å². The lowest BCUT2D eigenvalue weighted by Gasteiger charge is -2.10. The maximum atomic E-state index is 5.46. The number of para-hydroxylation sites is 1. The highest BCUT2D eigenvalue weighted by Gasteiger charge is 2.14. The number of nitrogens with zero attached hydrogens (tertiary/aromatic N) is 1. The van der Waals surface area contributed by atoms with Crippen molar-refractivity contribution in [2.45, 2.75) is 0 Å². The normalized spacial score (nSPS) is 10.8. The van der Waals surface area contributed by atoms with Gasteiger partial charge in [-0.15, -0.1) is 11.3 Å². The molecular formula is C15H12BrNO2S. The Morgan fingerprint density at radius 2 is 1.80 bits per heavy atom. The van der Waals surface area contributed by atoms with E-state index in [4.69, 9.17) is 9.47 Å². The van der Waals surface area contributed by atoms with E-state index in [0.29, 0.717) is 0 Å². The molecule has 0 saturated heterocycles. The van der Waals surface area contributed by atoms with E-state index in [1.54, 1.807) is 25.6 Å². The van der Waals surface area contributed by atoms with Crippen molar-refractivity contribution in [3.63, 3.8) is 0 Å². The smallest absolute Gasteiger partial charge is 0.136 e. The highest BCUT2D eigenvalue weighted by atomic mass is 79.9. The third kappa shape index (κ3) is 2.27. The first-order valence-corrected chi connectivity index (χ1v) is 7.61. The molecule has 1 heterocycles. The van der Waals surface area contributed by atoms with Gasteiger partial charge in [-0.1, -0.05) is 12.1 Å². The van der Waals surface area contributed by atoms with Crippen molar-refractivity contribution < 1.29 is 9.47 Å². The summed E-state index contributed by atoms with van der Waals surface area (Å²) in [6, 6.07) is 11.9. The standard InChI is InChI=1S/C15H12BrNO2S/c1-18-12-8-13(19-2)10(16)7-9(12)15-17-11-5-3-4-6-14(11)20-15/h3-8H,1-2H3. The van der Waals surface area contributed by atoms with E-state index >= 15 is 0 Å². The minimum Gasteiger partial charge on any atom is -0.496 e. The molecule has 0 aliphatic rings. The Morgan fingerprint density at radius 3 is 2.50 bits per heavy atom. The highest BCUT2D eigenvalue weighted by Crippen LogP contribution is 2.41. The molecule has 0 amide bonds. The average molecular weight is 350 g/mol. The fourth-order valence-electron chi connectivity index (χ4n) is 2.01. The first-order valence-electron chi connectivity index (χ1n) is 6.00. The van der Waals surface area contributed by atoms with Crippen LogP contribution in [0.25, 0.3) is 20.8 Å². The lowest BCUT2D eigenvalue weighted by atomic mass is 10.2. The Balaban J connectivity index is 2.19. The summed E-state index contributed by atoms with van der Waals surface area (Å²) in [5, 5.41) is 0.936. The van der Waals surface area contributed by atoms with Crippen molar-refractivity contribution in [2.75, 3.05) is 14.2 Å². The summed E-state index contributed by atoms with van der Waals surface area (Å²) >= 11 is 5.16. The molecule has 0 unspecified atom stereocenters. The second kappa shape index (κ2) is 5.42. The molecule has 102 valence electrons. The van der Waals surface area contributed by atoms with E-state index < -0.39 is 0 Å². The number of hydrogen-bond acceptors (Lipinski definition) is 4. The molecule has 3 aromatic rings. The number of fused-ring (bicyclic) bond motifs is 1. The van der Waals surface area contributed by atoms with Crippen LogP contribution in [-0.4, -0.2) is 19.2 Å². The second-order valence-corrected chi connectivity index (χ2v) is 6.06. The number of methoxy groups -OCH3 is 2. The van der Waals surface area contributed by atoms with Crippen LogP contribution in [0.15, 0.2) is 40.9 Å². The summed E-state index contributed by atoms with van der Waals surface area (Å²) in [6.45, 7) is 0. The summed E-state index contributed by atoms with van der Waals surface area (Å²) in [5.41, 5.74) is 1.96. The van der Waals surface area contributed by atoms with Crippen molar-refractivity contribution in [3.8, 4) is 22.1 Å². The molecule has 2 aromatic carbocycles. The maximum Gasteiger partial charge on any atom is 0.136 e. The zero-order chi connectivity index (χ0) is 14.1. The summed E-state index contributed by atoms with van der Waals surface area (Å²) in [4.78, 5) is 4.67. The predicted molar refractivity (Wildman–Crippen MR) is 85.9 cm³/mol. The first-order chi connectivity index (χ1) is 9.72. The van der Waals surface area contributed by atoms with Gasteiger partial charge in [0.15, 0.2) is 0 Å². The number of hydrogen-bond donors (Lipinski definition) is 0. The molecule has 0 fully saturated rings. The number of ether oxygens (including phenoxy) is 2. The summed E-state index contributed by atoms with van der Waals surface area (Å²) in [5.74, 6) is 1.50. The Morgan fingerprint density at radius 1 is 1.05 bits per heavy atom. The van der Waals surface area contributed by atoms with Gasteiger partial charge in [-0.3, -0.25) is 0 Å². The quantitative estimate of drug-likeness (QED) is 0.684. The van der Waals surface area contributed by atoms with E-state index in [-0.39, 0.29) is 0 Å². The van der Waals surface area contributed by atoms with Crippen molar-refractivity contribution in [1.29, 1.82) is 0 Å². The van der Waals surface area contributed by atoms with Gasteiger partial charge in [0.25, 0.3) is 0 Å². The van der Waals surface area contributed by atoms with Crippen LogP contribution in [0.3, 0.4) is 0 Å². The van der Waals surface area contributed by atoms with E-state index in [1.807, 2.05) is 30.3 Å². The Kier molecular flexibility index (Phi) is 3.63. The van der Waals surface area contributed by atoms with Crippen LogP contribution in [0.4, 0.5) is 0 Å². The highest BCUT2D eigenvalue weighted by molar-refractivity contribution is 9.10. The molecule has 1 aromatic heterocycles. The summed E-state index contributed by atoms with van der Waals surface area (Å²) < 4.78 is 12.8. The second-order valence-electron chi connectivity index (χ2n) is 4.17. The average Bonchev–Trinajstić information content (AvgIpc) is 2.90. The van der Waals surface area contributed by atoms with Gasteiger partial charge in [-0.2, -0.15) is 0 Å². The van der Waals surface area contributed by atoms with Crippen molar-refractivity contribution in [3.05, 3.63) is 40.9 Å². The molecule has 0 aliphatic carbocycles. The van der Waals surface area contributed by atoms with Gasteiger partial charge in [0.2, 0.25) is 0 Å². The van der Waals surface area contributed by atoms with Gasteiger partial charge < -0.3 is 9.47 Å². The molecule has 0 N–H and O–H groups in total. The molecule has 0 saturated carbocycles. The van der Waals surface area contributed by atoms with Crippen molar-refractivity contribution in [1.82, 2.24) is 4.98 Å². The lowest BCUT2D eigenvalue weighted by Crippen LogP contribution is -1.91. The minimum absolute atomic E-state index is 0.742. The molecule has 0 aliphatic heterocycles. The Bertz CT molecular complexity index is 737. The third-order valence-corrected chi connectivity index (χ3v) is 4.69. The lowest BCUT2D eigenvalue weighted by molar-refractivity contribution is 0.393. The fraction of sp³-hybridized carbons (Fsp3) is 0.133. The van der Waals surface area contributed by atoms with Gasteiger partial charge in [-0.25, -0.2) is 4.98 Å². The van der Waals surface area contributed by atoms with Crippen LogP contribution in [-0.2, 0) is 0 Å². The molecule has 3 nitrogen and oxygen atoms in total. The van der Waals surface area contributed by atoms with Gasteiger partial charge >= 0.3 is 0 Å². The topological polar surface area (TPSA) is 31.4 Å². The van der Waals surface area contributed by atoms with Crippen LogP contribution in [0, 0.1) is 0 Å². The predicted octanol–water partition coefficient (Wildman–Crippen LogP) is 4.74. The SMILES string of the molecule is COc1cc(OC)c(-c2nc3ccccc3s2)cc1Br. The zero-order valence-corrected chi connectivity index (χ0v) is 13.4. The Hall–Kier alpha value is -1.59. The number of thiazole rings is 1. The van der Waals surface area contributed by atoms with Crippen LogP contribution < -0.4 is 9.47 Å². The van der Waals surface area contributed by atoms with Crippen molar-refractivity contribution in [2.24, 2.45) is 0 Å². The minimum atomic E-state index is 0.742. The van der Waals surface area contributed by atoms with Crippen LogP contribution >= 0.6 is 27.3 Å². The van der Waals surface area contributed by atoms with Crippen LogP contribution in [0.5, 0.6) is 11.5 Å². The van der Waals surface area contributed by atoms with Crippen molar-refractivity contribution >= 4 is 37.5 Å². The van der Waals surface area contributed by atoms with Gasteiger partial charge in [0.1, 0.15) is 16.5 Å². The first kappa shape index (κ1) is 13.4. The molecule has 0 radical (unpaired) electrons. The van der Waals surface area contributed by atoms with Crippen LogP contribution in [0.2, 0.25) is 0 Å². The number of halogens is 1. The van der Waals surface area contributed by atoms with Gasteiger partial charge in [0.05, 0.1) is 34.5 Å². The molecular weight excluding hydrogens is 338 g/mol.